The second-order valence-electron chi connectivity index (χ2n) is 4.28. The molecule has 0 aliphatic rings. The van der Waals surface area contributed by atoms with Crippen LogP contribution in [0.3, 0.4) is 0 Å². The molecule has 1 heterocycles. The van der Waals surface area contributed by atoms with Crippen LogP contribution in [0.15, 0.2) is 41.6 Å². The van der Waals surface area contributed by atoms with Crippen LogP contribution >= 0.6 is 0 Å². The van der Waals surface area contributed by atoms with Crippen LogP contribution in [0, 0.1) is 0 Å². The molecule has 1 aromatic heterocycles. The van der Waals surface area contributed by atoms with Crippen LogP contribution in [0.4, 0.5) is 0 Å². The summed E-state index contributed by atoms with van der Waals surface area (Å²) in [6, 6.07) is 5.46. The number of benzene rings is 1. The zero-order chi connectivity index (χ0) is 14.0. The number of aryl methyl sites for hydroxylation is 1. The minimum absolute atomic E-state index is 0.0360. The first kappa shape index (κ1) is 13.6. The van der Waals surface area contributed by atoms with E-state index >= 15 is 0 Å². The van der Waals surface area contributed by atoms with Gasteiger partial charge in [0.25, 0.3) is 0 Å². The molecule has 0 fully saturated rings. The third-order valence-corrected chi connectivity index (χ3v) is 4.53. The lowest BCUT2D eigenvalue weighted by Gasteiger charge is -2.16. The van der Waals surface area contributed by atoms with E-state index in [1.54, 1.807) is 24.1 Å². The van der Waals surface area contributed by atoms with Crippen molar-refractivity contribution in [2.24, 2.45) is 7.05 Å². The molecular weight excluding hydrogens is 266 g/mol. The van der Waals surface area contributed by atoms with Gasteiger partial charge in [-0.3, -0.25) is 4.68 Å². The topological polar surface area (TPSA) is 75.4 Å². The third kappa shape index (κ3) is 2.94. The highest BCUT2D eigenvalue weighted by Crippen LogP contribution is 2.19. The molecule has 0 unspecified atom stereocenters. The van der Waals surface area contributed by atoms with Crippen molar-refractivity contribution in [3.8, 4) is 5.75 Å². The van der Waals surface area contributed by atoms with Gasteiger partial charge in [0.2, 0.25) is 10.0 Å². The molecular formula is C12H15N3O3S. The van der Waals surface area contributed by atoms with Crippen LogP contribution in [0.2, 0.25) is 0 Å². The number of rotatable bonds is 4. The van der Waals surface area contributed by atoms with Gasteiger partial charge in [0.1, 0.15) is 5.75 Å². The fraction of sp³-hybridized carbons (Fsp3) is 0.250. The van der Waals surface area contributed by atoms with Crippen molar-refractivity contribution in [3.63, 3.8) is 0 Å². The third-order valence-electron chi connectivity index (χ3n) is 2.71. The fourth-order valence-corrected chi connectivity index (χ4v) is 2.85. The van der Waals surface area contributed by atoms with Gasteiger partial charge in [0.05, 0.1) is 11.1 Å². The Balaban J connectivity index is 2.21. The maximum atomic E-state index is 12.3. The fourth-order valence-electron chi connectivity index (χ4n) is 1.69. The van der Waals surface area contributed by atoms with Crippen molar-refractivity contribution in [2.45, 2.75) is 11.4 Å². The van der Waals surface area contributed by atoms with Crippen molar-refractivity contribution in [3.05, 3.63) is 42.2 Å². The van der Waals surface area contributed by atoms with E-state index < -0.39 is 10.0 Å². The number of hydrogen-bond donors (Lipinski definition) is 1. The van der Waals surface area contributed by atoms with Crippen molar-refractivity contribution >= 4 is 10.0 Å². The number of hydrogen-bond acceptors (Lipinski definition) is 4. The zero-order valence-electron chi connectivity index (χ0n) is 10.7. The van der Waals surface area contributed by atoms with E-state index in [4.69, 9.17) is 0 Å². The van der Waals surface area contributed by atoms with Crippen molar-refractivity contribution in [1.82, 2.24) is 14.1 Å². The molecule has 0 aliphatic heterocycles. The maximum Gasteiger partial charge on any atom is 0.243 e. The van der Waals surface area contributed by atoms with E-state index in [1.165, 1.54) is 35.6 Å². The van der Waals surface area contributed by atoms with E-state index in [9.17, 15) is 13.5 Å². The number of phenolic OH excluding ortho intramolecular Hbond substituents is 1. The summed E-state index contributed by atoms with van der Waals surface area (Å²) in [7, 11) is -0.275. The highest BCUT2D eigenvalue weighted by molar-refractivity contribution is 7.89. The quantitative estimate of drug-likeness (QED) is 0.905. The van der Waals surface area contributed by atoms with Gasteiger partial charge in [-0.05, 0) is 24.3 Å². The molecule has 0 saturated carbocycles. The summed E-state index contributed by atoms with van der Waals surface area (Å²) in [4.78, 5) is 0.150. The Morgan fingerprint density at radius 3 is 2.47 bits per heavy atom. The molecule has 2 rings (SSSR count). The molecule has 0 spiro atoms. The lowest BCUT2D eigenvalue weighted by molar-refractivity contribution is 0.464. The maximum absolute atomic E-state index is 12.3. The van der Waals surface area contributed by atoms with Crippen molar-refractivity contribution < 1.29 is 13.5 Å². The summed E-state index contributed by atoms with van der Waals surface area (Å²) in [5.74, 6) is 0.0360. The van der Waals surface area contributed by atoms with Gasteiger partial charge in [-0.25, -0.2) is 8.42 Å². The number of aromatic nitrogens is 2. The molecule has 19 heavy (non-hydrogen) atoms. The predicted octanol–water partition coefficient (Wildman–Crippen LogP) is 0.946. The molecule has 1 N–H and O–H groups in total. The number of aromatic hydroxyl groups is 1. The average molecular weight is 281 g/mol. The van der Waals surface area contributed by atoms with Crippen LogP contribution in [0.1, 0.15) is 5.56 Å². The van der Waals surface area contributed by atoms with Gasteiger partial charge < -0.3 is 5.11 Å². The van der Waals surface area contributed by atoms with Gasteiger partial charge in [-0.15, -0.1) is 0 Å². The monoisotopic (exact) mass is 281 g/mol. The van der Waals surface area contributed by atoms with Gasteiger partial charge in [0, 0.05) is 32.4 Å². The summed E-state index contributed by atoms with van der Waals surface area (Å²) in [6.07, 6.45) is 3.39. The Bertz CT molecular complexity index is 662. The number of sulfonamides is 1. The molecule has 0 amide bonds. The molecule has 0 atom stereocenters. The van der Waals surface area contributed by atoms with Crippen LogP contribution in [0.25, 0.3) is 0 Å². The first-order chi connectivity index (χ1) is 8.89. The second-order valence-corrected chi connectivity index (χ2v) is 6.32. The van der Waals surface area contributed by atoms with Crippen LogP contribution in [-0.4, -0.2) is 34.7 Å². The minimum atomic E-state index is -3.56. The first-order valence-electron chi connectivity index (χ1n) is 5.62. The highest BCUT2D eigenvalue weighted by atomic mass is 32.2. The molecule has 0 radical (unpaired) electrons. The van der Waals surface area contributed by atoms with E-state index in [0.717, 1.165) is 5.56 Å². The Morgan fingerprint density at radius 2 is 1.95 bits per heavy atom. The summed E-state index contributed by atoms with van der Waals surface area (Å²) in [6.45, 7) is 0.247. The van der Waals surface area contributed by atoms with Gasteiger partial charge in [0.15, 0.2) is 0 Å². The van der Waals surface area contributed by atoms with E-state index in [2.05, 4.69) is 5.10 Å². The predicted molar refractivity (Wildman–Crippen MR) is 70.0 cm³/mol. The largest absolute Gasteiger partial charge is 0.508 e. The lowest BCUT2D eigenvalue weighted by Crippen LogP contribution is -2.26. The summed E-state index contributed by atoms with van der Waals surface area (Å²) in [5.41, 5.74) is 0.812. The molecule has 1 aromatic carbocycles. The van der Waals surface area contributed by atoms with E-state index in [0.29, 0.717) is 0 Å². The summed E-state index contributed by atoms with van der Waals surface area (Å²) < 4.78 is 27.4. The average Bonchev–Trinajstić information content (AvgIpc) is 2.75. The van der Waals surface area contributed by atoms with Crippen LogP contribution < -0.4 is 0 Å². The molecule has 6 nitrogen and oxygen atoms in total. The highest BCUT2D eigenvalue weighted by Gasteiger charge is 2.21. The first-order valence-corrected chi connectivity index (χ1v) is 7.06. The number of phenols is 1. The van der Waals surface area contributed by atoms with E-state index in [1.807, 2.05) is 0 Å². The molecule has 0 aliphatic carbocycles. The van der Waals surface area contributed by atoms with Gasteiger partial charge in [-0.1, -0.05) is 0 Å². The van der Waals surface area contributed by atoms with E-state index in [-0.39, 0.29) is 17.2 Å². The molecule has 0 bridgehead atoms. The lowest BCUT2D eigenvalue weighted by atomic mass is 10.3. The normalized spacial score (nSPS) is 11.9. The van der Waals surface area contributed by atoms with Crippen LogP contribution in [0.5, 0.6) is 5.75 Å². The SMILES string of the molecule is CN(Cc1cnn(C)c1)S(=O)(=O)c1ccc(O)cc1. The van der Waals surface area contributed by atoms with Gasteiger partial charge >= 0.3 is 0 Å². The molecule has 7 heteroatoms. The summed E-state index contributed by atoms with van der Waals surface area (Å²) >= 11 is 0. The smallest absolute Gasteiger partial charge is 0.243 e. The van der Waals surface area contributed by atoms with Gasteiger partial charge in [-0.2, -0.15) is 9.40 Å². The Morgan fingerprint density at radius 1 is 1.32 bits per heavy atom. The standard InChI is InChI=1S/C12H15N3O3S/c1-14-8-10(7-13-14)9-15(2)19(17,18)12-5-3-11(16)4-6-12/h3-8,16H,9H2,1-2H3. The molecule has 102 valence electrons. The van der Waals surface area contributed by atoms with Crippen molar-refractivity contribution in [2.75, 3.05) is 7.05 Å². The second kappa shape index (κ2) is 5.02. The minimum Gasteiger partial charge on any atom is -0.508 e. The Labute approximate surface area is 112 Å². The molecule has 0 saturated heterocycles. The number of nitrogens with zero attached hydrogens (tertiary/aromatic N) is 3. The van der Waals surface area contributed by atoms with Crippen molar-refractivity contribution in [1.29, 1.82) is 0 Å². The van der Waals surface area contributed by atoms with Crippen LogP contribution in [-0.2, 0) is 23.6 Å². The zero-order valence-corrected chi connectivity index (χ0v) is 11.5. The Hall–Kier alpha value is -1.86. The Kier molecular flexibility index (Phi) is 3.59. The summed E-state index contributed by atoms with van der Waals surface area (Å²) in [5, 5.41) is 13.2. The molecule has 2 aromatic rings.